The lowest BCUT2D eigenvalue weighted by atomic mass is 10.2. The van der Waals surface area contributed by atoms with Crippen LogP contribution in [0.5, 0.6) is 5.88 Å². The summed E-state index contributed by atoms with van der Waals surface area (Å²) in [4.78, 5) is 44.0. The fourth-order valence-corrected chi connectivity index (χ4v) is 4.28. The number of para-hydroxylation sites is 1. The molecule has 1 N–H and O–H groups in total. The number of aromatic nitrogens is 2. The lowest BCUT2D eigenvalue weighted by molar-refractivity contribution is -0.128. The molecule has 1 saturated heterocycles. The Hall–Kier alpha value is -2.81. The molecule has 0 radical (unpaired) electrons. The van der Waals surface area contributed by atoms with Crippen molar-refractivity contribution in [3.8, 4) is 5.88 Å². The van der Waals surface area contributed by atoms with Crippen LogP contribution < -0.4 is 11.2 Å². The van der Waals surface area contributed by atoms with Gasteiger partial charge in [0.15, 0.2) is 0 Å². The van der Waals surface area contributed by atoms with E-state index in [0.717, 1.165) is 59.7 Å². The zero-order chi connectivity index (χ0) is 21.7. The van der Waals surface area contributed by atoms with Crippen molar-refractivity contribution in [1.29, 1.82) is 0 Å². The predicted octanol–water partition coefficient (Wildman–Crippen LogP) is 2.00. The zero-order valence-electron chi connectivity index (χ0n) is 17.2. The van der Waals surface area contributed by atoms with Crippen molar-refractivity contribution in [2.45, 2.75) is 25.7 Å². The molecule has 1 fully saturated rings. The van der Waals surface area contributed by atoms with Crippen LogP contribution in [-0.4, -0.2) is 48.9 Å². The molecule has 0 bridgehead atoms. The van der Waals surface area contributed by atoms with E-state index in [-0.39, 0.29) is 22.3 Å². The Morgan fingerprint density at radius 1 is 1.03 bits per heavy atom. The molecule has 9 heteroatoms. The third kappa shape index (κ3) is 4.84. The maximum absolute atomic E-state index is 12.8. The zero-order valence-corrected chi connectivity index (χ0v) is 18.0. The van der Waals surface area contributed by atoms with E-state index >= 15 is 0 Å². The summed E-state index contributed by atoms with van der Waals surface area (Å²) in [6, 6.07) is 8.99. The largest absolute Gasteiger partial charge is 0.494 e. The lowest BCUT2D eigenvalue weighted by Gasteiger charge is -2.20. The van der Waals surface area contributed by atoms with Crippen molar-refractivity contribution in [3.05, 3.63) is 56.7 Å². The van der Waals surface area contributed by atoms with Crippen LogP contribution in [-0.2, 0) is 18.9 Å². The maximum Gasteiger partial charge on any atom is 0.333 e. The fraction of sp³-hybridized carbons (Fsp3) is 0.429. The Morgan fingerprint density at radius 2 is 1.67 bits per heavy atom. The van der Waals surface area contributed by atoms with Gasteiger partial charge in [-0.3, -0.25) is 18.7 Å². The molecule has 1 aliphatic heterocycles. The minimum atomic E-state index is -0.653. The van der Waals surface area contributed by atoms with Crippen molar-refractivity contribution in [2.24, 2.45) is 19.1 Å². The Bertz CT molecular complexity index is 1050. The van der Waals surface area contributed by atoms with Gasteiger partial charge in [-0.1, -0.05) is 42.8 Å². The SMILES string of the molecule is Cn1c(O)c(C(=Nc2ccccc2)SCC(=O)N2CCCCCC2)c(=O)n(C)c1=O. The smallest absolute Gasteiger partial charge is 0.333 e. The highest BCUT2D eigenvalue weighted by Gasteiger charge is 2.23. The van der Waals surface area contributed by atoms with Crippen LogP contribution in [0.2, 0.25) is 0 Å². The first-order valence-electron chi connectivity index (χ1n) is 9.94. The van der Waals surface area contributed by atoms with E-state index in [2.05, 4.69) is 4.99 Å². The van der Waals surface area contributed by atoms with Crippen molar-refractivity contribution in [2.75, 3.05) is 18.8 Å². The third-order valence-corrected chi connectivity index (χ3v) is 6.09. The van der Waals surface area contributed by atoms with Crippen LogP contribution in [0.1, 0.15) is 31.2 Å². The molecule has 0 unspecified atom stereocenters. The molecule has 0 spiro atoms. The van der Waals surface area contributed by atoms with Crippen LogP contribution >= 0.6 is 11.8 Å². The summed E-state index contributed by atoms with van der Waals surface area (Å²) in [6.45, 7) is 1.47. The molecule has 30 heavy (non-hydrogen) atoms. The Morgan fingerprint density at radius 3 is 2.30 bits per heavy atom. The number of aliphatic imine (C=N–C) groups is 1. The Balaban J connectivity index is 1.97. The van der Waals surface area contributed by atoms with Gasteiger partial charge in [0, 0.05) is 27.2 Å². The molecule has 1 aliphatic rings. The van der Waals surface area contributed by atoms with E-state index in [4.69, 9.17) is 0 Å². The van der Waals surface area contributed by atoms with Crippen LogP contribution in [0.3, 0.4) is 0 Å². The molecule has 0 saturated carbocycles. The predicted molar refractivity (Wildman–Crippen MR) is 119 cm³/mol. The number of rotatable bonds is 4. The molecule has 1 aromatic carbocycles. The summed E-state index contributed by atoms with van der Waals surface area (Å²) in [7, 11) is 2.73. The molecule has 160 valence electrons. The number of carbonyl (C=O) groups is 1. The molecule has 1 aromatic heterocycles. The molecule has 8 nitrogen and oxygen atoms in total. The van der Waals surface area contributed by atoms with E-state index in [0.29, 0.717) is 5.69 Å². The molecule has 2 heterocycles. The second kappa shape index (κ2) is 9.80. The normalized spacial score (nSPS) is 15.1. The van der Waals surface area contributed by atoms with Crippen LogP contribution in [0.4, 0.5) is 5.69 Å². The minimum absolute atomic E-state index is 0.0243. The highest BCUT2D eigenvalue weighted by molar-refractivity contribution is 8.15. The summed E-state index contributed by atoms with van der Waals surface area (Å²) in [5.41, 5.74) is -0.791. The van der Waals surface area contributed by atoms with E-state index < -0.39 is 17.1 Å². The third-order valence-electron chi connectivity index (χ3n) is 5.13. The Labute approximate surface area is 178 Å². The van der Waals surface area contributed by atoms with Crippen molar-refractivity contribution in [3.63, 3.8) is 0 Å². The average molecular weight is 431 g/mol. The number of hydrogen-bond acceptors (Lipinski definition) is 6. The van der Waals surface area contributed by atoms with E-state index in [1.54, 1.807) is 12.1 Å². The summed E-state index contributed by atoms with van der Waals surface area (Å²) >= 11 is 1.10. The monoisotopic (exact) mass is 430 g/mol. The van der Waals surface area contributed by atoms with Crippen LogP contribution in [0.15, 0.2) is 44.9 Å². The molecular formula is C21H26N4O4S. The molecule has 3 rings (SSSR count). The van der Waals surface area contributed by atoms with Gasteiger partial charge in [-0.15, -0.1) is 0 Å². The molecule has 0 atom stereocenters. The number of carbonyl (C=O) groups excluding carboxylic acids is 1. The summed E-state index contributed by atoms with van der Waals surface area (Å²) in [5.74, 6) is -0.395. The van der Waals surface area contributed by atoms with Gasteiger partial charge in [0.1, 0.15) is 10.6 Å². The van der Waals surface area contributed by atoms with Gasteiger partial charge < -0.3 is 10.0 Å². The highest BCUT2D eigenvalue weighted by atomic mass is 32.2. The van der Waals surface area contributed by atoms with Gasteiger partial charge in [-0.2, -0.15) is 0 Å². The summed E-state index contributed by atoms with van der Waals surface area (Å²) in [5, 5.41) is 10.7. The minimum Gasteiger partial charge on any atom is -0.494 e. The molecule has 1 amide bonds. The van der Waals surface area contributed by atoms with E-state index in [1.165, 1.54) is 14.1 Å². The second-order valence-electron chi connectivity index (χ2n) is 7.24. The van der Waals surface area contributed by atoms with Gasteiger partial charge in [0.05, 0.1) is 11.4 Å². The van der Waals surface area contributed by atoms with Crippen LogP contribution in [0, 0.1) is 0 Å². The number of nitrogens with zero attached hydrogens (tertiary/aromatic N) is 4. The highest BCUT2D eigenvalue weighted by Crippen LogP contribution is 2.23. The number of benzene rings is 1. The van der Waals surface area contributed by atoms with Crippen LogP contribution in [0.25, 0.3) is 0 Å². The quantitative estimate of drug-likeness (QED) is 0.591. The first kappa shape index (κ1) is 21.9. The molecule has 2 aromatic rings. The summed E-state index contributed by atoms with van der Waals surface area (Å²) in [6.07, 6.45) is 4.23. The fourth-order valence-electron chi connectivity index (χ4n) is 3.34. The standard InChI is InChI=1S/C21H26N4O4S/c1-23-19(27)17(20(28)24(2)21(23)29)18(22-15-10-6-5-7-11-15)30-14-16(26)25-12-8-3-4-9-13-25/h5-7,10-11,27H,3-4,8-9,12-14H2,1-2H3. The number of thioether (sulfide) groups is 1. The van der Waals surface area contributed by atoms with E-state index in [9.17, 15) is 19.5 Å². The van der Waals surface area contributed by atoms with Crippen molar-refractivity contribution >= 4 is 28.4 Å². The first-order chi connectivity index (χ1) is 14.4. The number of aromatic hydroxyl groups is 1. The van der Waals surface area contributed by atoms with Gasteiger partial charge in [-0.25, -0.2) is 9.79 Å². The number of likely N-dealkylation sites (tertiary alicyclic amines) is 1. The van der Waals surface area contributed by atoms with Crippen molar-refractivity contribution < 1.29 is 9.90 Å². The maximum atomic E-state index is 12.8. The van der Waals surface area contributed by atoms with E-state index in [1.807, 2.05) is 23.1 Å². The second-order valence-corrected chi connectivity index (χ2v) is 8.20. The number of amides is 1. The molecule has 0 aliphatic carbocycles. The Kier molecular flexibility index (Phi) is 7.15. The van der Waals surface area contributed by atoms with Crippen molar-refractivity contribution in [1.82, 2.24) is 14.0 Å². The van der Waals surface area contributed by atoms with Gasteiger partial charge >= 0.3 is 5.69 Å². The van der Waals surface area contributed by atoms with Gasteiger partial charge in [-0.05, 0) is 25.0 Å². The molecular weight excluding hydrogens is 404 g/mol. The topological polar surface area (TPSA) is 96.9 Å². The van der Waals surface area contributed by atoms with Gasteiger partial charge in [0.25, 0.3) is 5.56 Å². The summed E-state index contributed by atoms with van der Waals surface area (Å²) < 4.78 is 1.92. The van der Waals surface area contributed by atoms with Gasteiger partial charge in [0.2, 0.25) is 11.8 Å². The number of hydrogen-bond donors (Lipinski definition) is 1. The lowest BCUT2D eigenvalue weighted by Crippen LogP contribution is -2.40. The average Bonchev–Trinajstić information content (AvgIpc) is 3.05. The first-order valence-corrected chi connectivity index (χ1v) is 10.9.